The Morgan fingerprint density at radius 1 is 0.606 bits per heavy atom. The molecule has 0 saturated carbocycles. The Hall–Kier alpha value is -2.63. The summed E-state index contributed by atoms with van der Waals surface area (Å²) in [6, 6.07) is 8.80. The van der Waals surface area contributed by atoms with Crippen LogP contribution in [-0.4, -0.2) is 102 Å². The number of nitrogens with zero attached hydrogens (tertiary/aromatic N) is 1. The van der Waals surface area contributed by atoms with E-state index in [-0.39, 0.29) is 37.5 Å². The van der Waals surface area contributed by atoms with Gasteiger partial charge in [0.25, 0.3) is 11.8 Å². The van der Waals surface area contributed by atoms with E-state index in [0.717, 1.165) is 4.90 Å². The molecule has 2 rings (SSSR count). The van der Waals surface area contributed by atoms with E-state index in [4.69, 9.17) is 28.4 Å². The van der Waals surface area contributed by atoms with Crippen LogP contribution in [0.5, 0.6) is 0 Å². The van der Waals surface area contributed by atoms with Gasteiger partial charge in [0, 0.05) is 12.2 Å². The molecule has 0 fully saturated rings. The molecular formula is C23H31NO9. The van der Waals surface area contributed by atoms with Gasteiger partial charge in [-0.2, -0.15) is 0 Å². The molecule has 1 aromatic carbocycles. The summed E-state index contributed by atoms with van der Waals surface area (Å²) in [6.07, 6.45) is 2.50. The first-order chi connectivity index (χ1) is 16.2. The zero-order valence-electron chi connectivity index (χ0n) is 18.6. The van der Waals surface area contributed by atoms with E-state index in [1.807, 2.05) is 6.07 Å². The van der Waals surface area contributed by atoms with Crippen molar-refractivity contribution in [1.82, 2.24) is 4.90 Å². The van der Waals surface area contributed by atoms with Gasteiger partial charge in [0.1, 0.15) is 6.61 Å². The molecule has 2 amide bonds. The molecule has 1 aromatic rings. The van der Waals surface area contributed by atoms with Crippen molar-refractivity contribution in [2.24, 2.45) is 0 Å². The van der Waals surface area contributed by atoms with Crippen LogP contribution >= 0.6 is 0 Å². The molecule has 0 unspecified atom stereocenters. The second kappa shape index (κ2) is 16.9. The lowest BCUT2D eigenvalue weighted by Crippen LogP contribution is -2.33. The Balaban J connectivity index is 1.25. The SMILES string of the molecule is O=C(OCCOCCOCCOCCOCCOCCN1C(=O)C=CC1=O)c1ccccc1. The maximum absolute atomic E-state index is 11.7. The molecule has 33 heavy (non-hydrogen) atoms. The second-order valence-electron chi connectivity index (χ2n) is 6.73. The molecule has 10 heteroatoms. The maximum atomic E-state index is 11.7. The molecule has 1 aliphatic heterocycles. The molecule has 182 valence electrons. The summed E-state index contributed by atoms with van der Waals surface area (Å²) in [5, 5.41) is 0. The van der Waals surface area contributed by atoms with Crippen molar-refractivity contribution in [3.8, 4) is 0 Å². The van der Waals surface area contributed by atoms with Crippen LogP contribution in [0.2, 0.25) is 0 Å². The van der Waals surface area contributed by atoms with Gasteiger partial charge in [-0.1, -0.05) is 18.2 Å². The summed E-state index contributed by atoms with van der Waals surface area (Å²) in [4.78, 5) is 35.5. The molecule has 0 spiro atoms. The first kappa shape index (κ1) is 26.6. The lowest BCUT2D eigenvalue weighted by atomic mass is 10.2. The Bertz CT molecular complexity index is 721. The van der Waals surface area contributed by atoms with Crippen LogP contribution in [0.1, 0.15) is 10.4 Å². The van der Waals surface area contributed by atoms with Crippen molar-refractivity contribution < 1.29 is 42.8 Å². The molecule has 0 atom stereocenters. The average molecular weight is 465 g/mol. The average Bonchev–Trinajstić information content (AvgIpc) is 3.15. The number of esters is 1. The molecule has 0 N–H and O–H groups in total. The predicted molar refractivity (Wildman–Crippen MR) is 117 cm³/mol. The van der Waals surface area contributed by atoms with E-state index in [9.17, 15) is 14.4 Å². The Morgan fingerprint density at radius 3 is 1.52 bits per heavy atom. The summed E-state index contributed by atoms with van der Waals surface area (Å²) in [7, 11) is 0. The minimum Gasteiger partial charge on any atom is -0.460 e. The molecule has 10 nitrogen and oxygen atoms in total. The van der Waals surface area contributed by atoms with Crippen LogP contribution < -0.4 is 0 Å². The number of amides is 2. The summed E-state index contributed by atoms with van der Waals surface area (Å²) in [6.45, 7) is 4.38. The van der Waals surface area contributed by atoms with Crippen LogP contribution in [0.25, 0.3) is 0 Å². The molecule has 1 aliphatic rings. The number of rotatable bonds is 19. The summed E-state index contributed by atoms with van der Waals surface area (Å²) in [5.74, 6) is -0.986. The fraction of sp³-hybridized carbons (Fsp3) is 0.522. The monoisotopic (exact) mass is 465 g/mol. The first-order valence-electron chi connectivity index (χ1n) is 10.8. The van der Waals surface area contributed by atoms with Gasteiger partial charge < -0.3 is 28.4 Å². The number of hydrogen-bond donors (Lipinski definition) is 0. The normalized spacial score (nSPS) is 13.2. The van der Waals surface area contributed by atoms with Gasteiger partial charge in [0.05, 0.1) is 78.2 Å². The van der Waals surface area contributed by atoms with Crippen LogP contribution in [0.15, 0.2) is 42.5 Å². The quantitative estimate of drug-likeness (QED) is 0.167. The fourth-order valence-electron chi connectivity index (χ4n) is 2.64. The van der Waals surface area contributed by atoms with Gasteiger partial charge in [-0.05, 0) is 12.1 Å². The second-order valence-corrected chi connectivity index (χ2v) is 6.73. The standard InChI is InChI=1S/C23H31NO9/c25-21-6-7-22(26)24(21)8-9-28-10-11-29-12-13-30-14-15-31-16-17-32-18-19-33-23(27)20-4-2-1-3-5-20/h1-7H,8-19H2. The molecule has 0 aliphatic carbocycles. The third-order valence-corrected chi connectivity index (χ3v) is 4.32. The van der Waals surface area contributed by atoms with E-state index in [1.165, 1.54) is 12.2 Å². The number of carbonyl (C=O) groups excluding carboxylic acids is 3. The molecular weight excluding hydrogens is 434 g/mol. The summed E-state index contributed by atoms with van der Waals surface area (Å²) < 4.78 is 31.9. The lowest BCUT2D eigenvalue weighted by Gasteiger charge is -2.13. The van der Waals surface area contributed by atoms with E-state index in [0.29, 0.717) is 65.0 Å². The highest BCUT2D eigenvalue weighted by atomic mass is 16.6. The van der Waals surface area contributed by atoms with Crippen LogP contribution in [0.4, 0.5) is 0 Å². The Morgan fingerprint density at radius 2 is 1.03 bits per heavy atom. The molecule has 0 saturated heterocycles. The molecule has 0 bridgehead atoms. The van der Waals surface area contributed by atoms with Crippen molar-refractivity contribution in [3.05, 3.63) is 48.0 Å². The highest BCUT2D eigenvalue weighted by Gasteiger charge is 2.22. The van der Waals surface area contributed by atoms with Gasteiger partial charge >= 0.3 is 5.97 Å². The third-order valence-electron chi connectivity index (χ3n) is 4.32. The smallest absolute Gasteiger partial charge is 0.338 e. The largest absolute Gasteiger partial charge is 0.460 e. The topological polar surface area (TPSA) is 110 Å². The van der Waals surface area contributed by atoms with E-state index < -0.39 is 0 Å². The van der Waals surface area contributed by atoms with Crippen LogP contribution in [0.3, 0.4) is 0 Å². The van der Waals surface area contributed by atoms with E-state index >= 15 is 0 Å². The van der Waals surface area contributed by atoms with Crippen molar-refractivity contribution in [3.63, 3.8) is 0 Å². The Kier molecular flexibility index (Phi) is 13.7. The van der Waals surface area contributed by atoms with Gasteiger partial charge in [-0.3, -0.25) is 14.5 Å². The van der Waals surface area contributed by atoms with Crippen molar-refractivity contribution in [2.75, 3.05) is 79.2 Å². The van der Waals surface area contributed by atoms with Gasteiger partial charge in [-0.25, -0.2) is 4.79 Å². The van der Waals surface area contributed by atoms with E-state index in [2.05, 4.69) is 0 Å². The summed E-state index contributed by atoms with van der Waals surface area (Å²) in [5.41, 5.74) is 0.517. The number of hydrogen-bond acceptors (Lipinski definition) is 9. The van der Waals surface area contributed by atoms with Gasteiger partial charge in [-0.15, -0.1) is 0 Å². The molecule has 1 heterocycles. The number of carbonyl (C=O) groups is 3. The highest BCUT2D eigenvalue weighted by Crippen LogP contribution is 2.02. The van der Waals surface area contributed by atoms with Crippen LogP contribution in [0, 0.1) is 0 Å². The zero-order valence-corrected chi connectivity index (χ0v) is 18.6. The summed E-state index contributed by atoms with van der Waals surface area (Å²) >= 11 is 0. The highest BCUT2D eigenvalue weighted by molar-refractivity contribution is 6.12. The zero-order chi connectivity index (χ0) is 23.6. The predicted octanol–water partition coefficient (Wildman–Crippen LogP) is 0.851. The Labute approximate surface area is 193 Å². The number of benzene rings is 1. The number of imide groups is 1. The maximum Gasteiger partial charge on any atom is 0.338 e. The molecule has 0 radical (unpaired) electrons. The van der Waals surface area contributed by atoms with Crippen molar-refractivity contribution >= 4 is 17.8 Å². The molecule has 0 aromatic heterocycles. The minimum atomic E-state index is -0.366. The van der Waals surface area contributed by atoms with Crippen LogP contribution in [-0.2, 0) is 38.0 Å². The fourth-order valence-corrected chi connectivity index (χ4v) is 2.64. The van der Waals surface area contributed by atoms with Crippen molar-refractivity contribution in [2.45, 2.75) is 0 Å². The van der Waals surface area contributed by atoms with Crippen molar-refractivity contribution in [1.29, 1.82) is 0 Å². The van der Waals surface area contributed by atoms with Gasteiger partial charge in [0.2, 0.25) is 0 Å². The van der Waals surface area contributed by atoms with Gasteiger partial charge in [0.15, 0.2) is 0 Å². The first-order valence-corrected chi connectivity index (χ1v) is 10.8. The third kappa shape index (κ3) is 11.7. The minimum absolute atomic E-state index is 0.192. The van der Waals surface area contributed by atoms with E-state index in [1.54, 1.807) is 24.3 Å². The lowest BCUT2D eigenvalue weighted by molar-refractivity contribution is -0.137. The number of ether oxygens (including phenoxy) is 6.